The molecule has 2 N–H and O–H groups in total. The van der Waals surface area contributed by atoms with E-state index in [-0.39, 0.29) is 5.91 Å². The molecule has 0 saturated carbocycles. The minimum absolute atomic E-state index is 0.113. The van der Waals surface area contributed by atoms with E-state index in [1.165, 1.54) is 11.3 Å². The van der Waals surface area contributed by atoms with Crippen LogP contribution in [0.3, 0.4) is 0 Å². The van der Waals surface area contributed by atoms with Crippen LogP contribution in [0.2, 0.25) is 4.34 Å². The zero-order valence-corrected chi connectivity index (χ0v) is 12.9. The monoisotopic (exact) mass is 308 g/mol. The summed E-state index contributed by atoms with van der Waals surface area (Å²) in [6, 6.07) is 11.2. The fourth-order valence-corrected chi connectivity index (χ4v) is 3.03. The van der Waals surface area contributed by atoms with E-state index in [2.05, 4.69) is 0 Å². The lowest BCUT2D eigenvalue weighted by Crippen LogP contribution is -2.31. The molecular weight excluding hydrogens is 292 g/mol. The quantitative estimate of drug-likeness (QED) is 0.858. The van der Waals surface area contributed by atoms with Gasteiger partial charge in [-0.25, -0.2) is 0 Å². The molecule has 0 spiro atoms. The lowest BCUT2D eigenvalue weighted by Gasteiger charge is -2.20. The fourth-order valence-electron chi connectivity index (χ4n) is 1.92. The van der Waals surface area contributed by atoms with E-state index in [0.717, 1.165) is 14.8 Å². The van der Waals surface area contributed by atoms with E-state index in [1.807, 2.05) is 48.2 Å². The summed E-state index contributed by atoms with van der Waals surface area (Å²) in [5, 5.41) is 0. The highest BCUT2D eigenvalue weighted by Gasteiger charge is 2.13. The number of likely N-dealkylation sites (N-methyl/N-ethyl adjacent to an activating group) is 1. The summed E-state index contributed by atoms with van der Waals surface area (Å²) in [6.07, 6.45) is 0.396. The standard InChI is InChI=1S/C15H17ClN2OS/c1-2-18(10-13-7-8-14(16)20-13)15(19)9-11-3-5-12(17)6-4-11/h3-8H,2,9-10,17H2,1H3. The Kier molecular flexibility index (Phi) is 5.04. The van der Waals surface area contributed by atoms with Crippen molar-refractivity contribution in [1.29, 1.82) is 0 Å². The number of nitrogens with zero attached hydrogens (tertiary/aromatic N) is 1. The Morgan fingerprint density at radius 3 is 2.50 bits per heavy atom. The van der Waals surface area contributed by atoms with Crippen molar-refractivity contribution in [3.63, 3.8) is 0 Å². The average molecular weight is 309 g/mol. The smallest absolute Gasteiger partial charge is 0.227 e. The Morgan fingerprint density at radius 1 is 1.25 bits per heavy atom. The van der Waals surface area contributed by atoms with Crippen molar-refractivity contribution in [1.82, 2.24) is 4.90 Å². The Morgan fingerprint density at radius 2 is 1.95 bits per heavy atom. The molecule has 0 aliphatic carbocycles. The van der Waals surface area contributed by atoms with E-state index < -0.39 is 0 Å². The Labute approximate surface area is 128 Å². The first-order valence-corrected chi connectivity index (χ1v) is 7.64. The summed E-state index contributed by atoms with van der Waals surface area (Å²) in [5.74, 6) is 0.113. The predicted molar refractivity (Wildman–Crippen MR) is 85.0 cm³/mol. The van der Waals surface area contributed by atoms with Crippen molar-refractivity contribution in [3.8, 4) is 0 Å². The van der Waals surface area contributed by atoms with Gasteiger partial charge < -0.3 is 10.6 Å². The molecule has 1 aromatic heterocycles. The van der Waals surface area contributed by atoms with Gasteiger partial charge in [0, 0.05) is 17.1 Å². The molecule has 0 fully saturated rings. The molecule has 0 aliphatic heterocycles. The van der Waals surface area contributed by atoms with Gasteiger partial charge in [0.25, 0.3) is 0 Å². The molecule has 1 heterocycles. The highest BCUT2D eigenvalue weighted by Crippen LogP contribution is 2.23. The number of carbonyl (C=O) groups is 1. The molecule has 3 nitrogen and oxygen atoms in total. The average Bonchev–Trinajstić information content (AvgIpc) is 2.84. The SMILES string of the molecule is CCN(Cc1ccc(Cl)s1)C(=O)Cc1ccc(N)cc1. The van der Waals surface area contributed by atoms with Crippen LogP contribution in [0.15, 0.2) is 36.4 Å². The van der Waals surface area contributed by atoms with Crippen molar-refractivity contribution in [2.45, 2.75) is 19.9 Å². The zero-order valence-electron chi connectivity index (χ0n) is 11.3. The van der Waals surface area contributed by atoms with Crippen LogP contribution < -0.4 is 5.73 Å². The van der Waals surface area contributed by atoms with Gasteiger partial charge in [-0.1, -0.05) is 23.7 Å². The first-order valence-electron chi connectivity index (χ1n) is 6.45. The van der Waals surface area contributed by atoms with Crippen LogP contribution in [0, 0.1) is 0 Å². The van der Waals surface area contributed by atoms with E-state index >= 15 is 0 Å². The second-order valence-corrected chi connectivity index (χ2v) is 6.33. The molecule has 0 unspecified atom stereocenters. The highest BCUT2D eigenvalue weighted by molar-refractivity contribution is 7.16. The molecule has 0 bridgehead atoms. The van der Waals surface area contributed by atoms with Crippen molar-refractivity contribution >= 4 is 34.5 Å². The van der Waals surface area contributed by atoms with Crippen LogP contribution in [-0.4, -0.2) is 17.4 Å². The molecule has 1 amide bonds. The third-order valence-corrected chi connectivity index (χ3v) is 4.26. The Hall–Kier alpha value is -1.52. The van der Waals surface area contributed by atoms with E-state index in [9.17, 15) is 4.79 Å². The minimum Gasteiger partial charge on any atom is -0.399 e. The maximum Gasteiger partial charge on any atom is 0.227 e. The molecule has 106 valence electrons. The van der Waals surface area contributed by atoms with Crippen LogP contribution in [0.4, 0.5) is 5.69 Å². The van der Waals surface area contributed by atoms with Crippen molar-refractivity contribution in [3.05, 3.63) is 51.2 Å². The van der Waals surface area contributed by atoms with Gasteiger partial charge in [0.15, 0.2) is 0 Å². The van der Waals surface area contributed by atoms with E-state index in [4.69, 9.17) is 17.3 Å². The fraction of sp³-hybridized carbons (Fsp3) is 0.267. The summed E-state index contributed by atoms with van der Waals surface area (Å²) >= 11 is 7.43. The largest absolute Gasteiger partial charge is 0.399 e. The highest BCUT2D eigenvalue weighted by atomic mass is 35.5. The number of thiophene rings is 1. The topological polar surface area (TPSA) is 46.3 Å². The number of hydrogen-bond acceptors (Lipinski definition) is 3. The number of amides is 1. The number of benzene rings is 1. The number of anilines is 1. The van der Waals surface area contributed by atoms with Crippen LogP contribution in [0.1, 0.15) is 17.4 Å². The molecule has 0 radical (unpaired) electrons. The minimum atomic E-state index is 0.113. The van der Waals surface area contributed by atoms with Crippen LogP contribution >= 0.6 is 22.9 Å². The number of halogens is 1. The van der Waals surface area contributed by atoms with Gasteiger partial charge in [0.1, 0.15) is 0 Å². The second-order valence-electron chi connectivity index (χ2n) is 4.53. The van der Waals surface area contributed by atoms with Crippen LogP contribution in [-0.2, 0) is 17.8 Å². The van der Waals surface area contributed by atoms with Crippen molar-refractivity contribution in [2.24, 2.45) is 0 Å². The number of nitrogen functional groups attached to an aromatic ring is 1. The molecule has 0 aliphatic rings. The van der Waals surface area contributed by atoms with Crippen molar-refractivity contribution in [2.75, 3.05) is 12.3 Å². The summed E-state index contributed by atoms with van der Waals surface area (Å²) in [7, 11) is 0. The number of hydrogen-bond donors (Lipinski definition) is 1. The Balaban J connectivity index is 2.00. The normalized spacial score (nSPS) is 10.5. The summed E-state index contributed by atoms with van der Waals surface area (Å²) in [4.78, 5) is 15.2. The van der Waals surface area contributed by atoms with E-state index in [1.54, 1.807) is 0 Å². The summed E-state index contributed by atoms with van der Waals surface area (Å²) < 4.78 is 0.752. The Bertz CT molecular complexity index is 580. The molecule has 2 aromatic rings. The van der Waals surface area contributed by atoms with Crippen LogP contribution in [0.25, 0.3) is 0 Å². The van der Waals surface area contributed by atoms with Crippen molar-refractivity contribution < 1.29 is 4.79 Å². The summed E-state index contributed by atoms with van der Waals surface area (Å²) in [6.45, 7) is 3.28. The zero-order chi connectivity index (χ0) is 14.5. The maximum absolute atomic E-state index is 12.3. The number of carbonyl (C=O) groups excluding carboxylic acids is 1. The van der Waals surface area contributed by atoms with Gasteiger partial charge in [-0.05, 0) is 36.8 Å². The van der Waals surface area contributed by atoms with Gasteiger partial charge in [0.05, 0.1) is 17.3 Å². The van der Waals surface area contributed by atoms with Gasteiger partial charge >= 0.3 is 0 Å². The first kappa shape index (κ1) is 14.9. The molecular formula is C15H17ClN2OS. The van der Waals surface area contributed by atoms with E-state index in [0.29, 0.717) is 25.2 Å². The van der Waals surface area contributed by atoms with Crippen LogP contribution in [0.5, 0.6) is 0 Å². The van der Waals surface area contributed by atoms with Gasteiger partial charge in [-0.2, -0.15) is 0 Å². The van der Waals surface area contributed by atoms with Gasteiger partial charge in [-0.3, -0.25) is 4.79 Å². The predicted octanol–water partition coefficient (Wildman–Crippen LogP) is 3.57. The molecule has 0 atom stereocenters. The second kappa shape index (κ2) is 6.77. The molecule has 2 rings (SSSR count). The van der Waals surface area contributed by atoms with Gasteiger partial charge in [-0.15, -0.1) is 11.3 Å². The maximum atomic E-state index is 12.3. The number of rotatable bonds is 5. The first-order chi connectivity index (χ1) is 9.58. The third kappa shape index (κ3) is 3.99. The summed E-state index contributed by atoms with van der Waals surface area (Å²) in [5.41, 5.74) is 7.33. The molecule has 20 heavy (non-hydrogen) atoms. The lowest BCUT2D eigenvalue weighted by molar-refractivity contribution is -0.130. The third-order valence-electron chi connectivity index (χ3n) is 3.05. The molecule has 5 heteroatoms. The van der Waals surface area contributed by atoms with Gasteiger partial charge in [0.2, 0.25) is 5.91 Å². The molecule has 1 aromatic carbocycles. The number of nitrogens with two attached hydrogens (primary N) is 1. The lowest BCUT2D eigenvalue weighted by atomic mass is 10.1. The molecule has 0 saturated heterocycles.